The van der Waals surface area contributed by atoms with Crippen molar-refractivity contribution in [1.82, 2.24) is 0 Å². The Kier molecular flexibility index (Phi) is 7.02. The van der Waals surface area contributed by atoms with Gasteiger partial charge in [0.05, 0.1) is 5.69 Å². The normalized spacial score (nSPS) is 26.0. The number of nitrogens with zero attached hydrogens (tertiary/aromatic N) is 1. The van der Waals surface area contributed by atoms with Gasteiger partial charge in [-0.1, -0.05) is 153 Å². The van der Waals surface area contributed by atoms with E-state index in [0.717, 1.165) is 41.1 Å². The van der Waals surface area contributed by atoms with Gasteiger partial charge in [0.15, 0.2) is 0 Å². The Morgan fingerprint density at radius 1 is 0.531 bits per heavy atom. The number of fused-ring (bicyclic) bond motifs is 11. The third-order valence-electron chi connectivity index (χ3n) is 17.5. The molecule has 8 aromatic carbocycles. The van der Waals surface area contributed by atoms with Crippen LogP contribution in [0.4, 0.5) is 17.1 Å². The van der Waals surface area contributed by atoms with Crippen LogP contribution in [0.2, 0.25) is 0 Å². The highest BCUT2D eigenvalue weighted by Gasteiger charge is 2.90. The first-order chi connectivity index (χ1) is 31.6. The molecule has 1 aromatic heterocycles. The summed E-state index contributed by atoms with van der Waals surface area (Å²) in [5, 5.41) is 4.96. The van der Waals surface area contributed by atoms with Crippen LogP contribution in [0, 0.1) is 35.0 Å². The Morgan fingerprint density at radius 3 is 2.05 bits per heavy atom. The molecule has 2 nitrogen and oxygen atoms in total. The van der Waals surface area contributed by atoms with Gasteiger partial charge in [0.25, 0.3) is 0 Å². The molecule has 5 unspecified atom stereocenters. The van der Waals surface area contributed by atoms with Crippen molar-refractivity contribution >= 4 is 50.5 Å². The summed E-state index contributed by atoms with van der Waals surface area (Å²) in [7, 11) is 0. The van der Waals surface area contributed by atoms with Crippen LogP contribution in [0.1, 0.15) is 49.3 Å². The first-order valence-corrected chi connectivity index (χ1v) is 23.7. The second kappa shape index (κ2) is 12.6. The van der Waals surface area contributed by atoms with Gasteiger partial charge in [0.1, 0.15) is 11.0 Å². The first kappa shape index (κ1) is 35.5. The van der Waals surface area contributed by atoms with Crippen LogP contribution in [-0.4, -0.2) is 0 Å². The van der Waals surface area contributed by atoms with Crippen molar-refractivity contribution in [3.63, 3.8) is 0 Å². The molecule has 0 aliphatic heterocycles. The van der Waals surface area contributed by atoms with Crippen molar-refractivity contribution in [3.8, 4) is 33.4 Å². The topological polar surface area (TPSA) is 16.4 Å². The van der Waals surface area contributed by atoms with Crippen molar-refractivity contribution in [2.45, 2.75) is 38.0 Å². The highest BCUT2D eigenvalue weighted by molar-refractivity contribution is 6.09. The highest BCUT2D eigenvalue weighted by atomic mass is 16.3. The van der Waals surface area contributed by atoms with Gasteiger partial charge < -0.3 is 9.32 Å². The molecule has 0 bridgehead atoms. The van der Waals surface area contributed by atoms with Crippen LogP contribution in [0.15, 0.2) is 186 Å². The molecule has 2 heteroatoms. The smallest absolute Gasteiger partial charge is 0.135 e. The van der Waals surface area contributed by atoms with Crippen LogP contribution in [0.5, 0.6) is 0 Å². The lowest BCUT2D eigenvalue weighted by Gasteiger charge is -2.92. The number of para-hydroxylation sites is 2. The second-order valence-electron chi connectivity index (χ2n) is 20.0. The summed E-state index contributed by atoms with van der Waals surface area (Å²) in [6.07, 6.45) is 7.54. The zero-order chi connectivity index (χ0) is 41.9. The Hall–Kier alpha value is -6.90. The van der Waals surface area contributed by atoms with Crippen molar-refractivity contribution < 1.29 is 4.42 Å². The van der Waals surface area contributed by atoms with E-state index in [-0.39, 0.29) is 5.41 Å². The molecule has 4 fully saturated rings. The third kappa shape index (κ3) is 4.32. The fourth-order valence-electron chi connectivity index (χ4n) is 15.2. The van der Waals surface area contributed by atoms with E-state index in [2.05, 4.69) is 200 Å². The number of hydrogen-bond donors (Lipinski definition) is 0. The predicted octanol–water partition coefficient (Wildman–Crippen LogP) is 14.4. The van der Waals surface area contributed by atoms with Crippen molar-refractivity contribution in [1.29, 1.82) is 0 Å². The molecular weight excluding hydrogens is 775 g/mol. The van der Waals surface area contributed by atoms with Gasteiger partial charge in [-0.15, -0.1) is 0 Å². The largest absolute Gasteiger partial charge is 0.456 e. The van der Waals surface area contributed by atoms with Crippen molar-refractivity contribution in [3.05, 3.63) is 209 Å². The molecular formula is C62H47NO. The molecule has 1 heterocycles. The maximum absolute atomic E-state index is 6.54. The first-order valence-electron chi connectivity index (χ1n) is 23.7. The second-order valence-corrected chi connectivity index (χ2v) is 20.0. The fourth-order valence-corrected chi connectivity index (χ4v) is 15.2. The molecule has 9 aromatic rings. The van der Waals surface area contributed by atoms with Gasteiger partial charge in [0, 0.05) is 33.0 Å². The molecule has 0 radical (unpaired) electrons. The van der Waals surface area contributed by atoms with Crippen LogP contribution in [0.25, 0.3) is 66.8 Å². The maximum atomic E-state index is 6.54. The molecule has 64 heavy (non-hydrogen) atoms. The zero-order valence-corrected chi connectivity index (χ0v) is 36.0. The van der Waals surface area contributed by atoms with E-state index in [1.807, 2.05) is 0 Å². The molecule has 0 saturated heterocycles. The SMILES string of the molecule is CC1C=c2oc3ccccc3c2=C(c2cccc(N(c3ccc4c(c3)C3(c5ccccc5-4)C4CC5CC6CC3C564)c3ccccc3-c3cccc4cccc(-c5ccccc5)c34)c2)C1. The Balaban J connectivity index is 0.977. The average molecular weight is 822 g/mol. The minimum atomic E-state index is 0.117. The highest BCUT2D eigenvalue weighted by Crippen LogP contribution is 2.94. The lowest BCUT2D eigenvalue weighted by molar-refractivity contribution is -0.412. The summed E-state index contributed by atoms with van der Waals surface area (Å²) in [6.45, 7) is 2.32. The van der Waals surface area contributed by atoms with Gasteiger partial charge >= 0.3 is 0 Å². The lowest BCUT2D eigenvalue weighted by atomic mass is 9.11. The summed E-state index contributed by atoms with van der Waals surface area (Å²) in [5.41, 5.74) is 19.9. The Labute approximate surface area is 373 Å². The lowest BCUT2D eigenvalue weighted by Crippen LogP contribution is -2.88. The van der Waals surface area contributed by atoms with Gasteiger partial charge in [-0.2, -0.15) is 0 Å². The zero-order valence-electron chi connectivity index (χ0n) is 36.0. The molecule has 6 aliphatic rings. The van der Waals surface area contributed by atoms with Crippen LogP contribution < -0.4 is 15.5 Å². The molecule has 4 saturated carbocycles. The average Bonchev–Trinajstić information content (AvgIpc) is 3.84. The third-order valence-corrected chi connectivity index (χ3v) is 17.5. The number of benzene rings is 8. The monoisotopic (exact) mass is 821 g/mol. The Bertz CT molecular complexity index is 3570. The molecule has 15 rings (SSSR count). The summed E-state index contributed by atoms with van der Waals surface area (Å²) in [4.78, 5) is 2.60. The van der Waals surface area contributed by atoms with Gasteiger partial charge in [-0.25, -0.2) is 0 Å². The summed E-state index contributed by atoms with van der Waals surface area (Å²) in [5.74, 6) is 3.81. The molecule has 5 atom stereocenters. The van der Waals surface area contributed by atoms with Gasteiger partial charge in [-0.05, 0) is 164 Å². The van der Waals surface area contributed by atoms with Crippen LogP contribution in [0.3, 0.4) is 0 Å². The molecule has 0 N–H and O–H groups in total. The maximum Gasteiger partial charge on any atom is 0.135 e. The fraction of sp³-hybridized carbons (Fsp3) is 0.194. The standard InChI is InChI=1S/C62H47NO/c1-37-30-51(60-50-22-7-10-27-55(50)64-56(60)31-37)40-18-11-19-43(32-40)63(54-26-9-6-21-48(54)49-24-13-17-39-16-12-23-45(59(39)49)38-14-3-2-4-15-38)44-28-29-47-46-20-5-8-25-52(46)62(53(47)36-44)57-34-41-33-42-35-58(62)61(41,42)57/h2-29,31-32,36-37,41-42,57-58H,30,33-35H2,1H3. The van der Waals surface area contributed by atoms with E-state index in [4.69, 9.17) is 4.42 Å². The van der Waals surface area contributed by atoms with Crippen LogP contribution in [-0.2, 0) is 5.41 Å². The minimum Gasteiger partial charge on any atom is -0.456 e. The van der Waals surface area contributed by atoms with E-state index < -0.39 is 0 Å². The minimum absolute atomic E-state index is 0.117. The number of anilines is 3. The molecule has 0 amide bonds. The quantitative estimate of drug-likeness (QED) is 0.166. The summed E-state index contributed by atoms with van der Waals surface area (Å²) in [6, 6.07) is 68.7. The van der Waals surface area contributed by atoms with Gasteiger partial charge in [-0.3, -0.25) is 0 Å². The number of furan rings is 1. The van der Waals surface area contributed by atoms with E-state index >= 15 is 0 Å². The van der Waals surface area contributed by atoms with E-state index in [1.165, 1.54) is 102 Å². The molecule has 2 spiro atoms. The van der Waals surface area contributed by atoms with Crippen LogP contribution >= 0.6 is 0 Å². The van der Waals surface area contributed by atoms with E-state index in [1.54, 1.807) is 11.1 Å². The van der Waals surface area contributed by atoms with E-state index in [0.29, 0.717) is 11.3 Å². The van der Waals surface area contributed by atoms with Gasteiger partial charge in [0.2, 0.25) is 0 Å². The Morgan fingerprint density at radius 2 is 1.20 bits per heavy atom. The van der Waals surface area contributed by atoms with E-state index in [9.17, 15) is 0 Å². The molecule has 306 valence electrons. The number of hydrogen-bond acceptors (Lipinski definition) is 2. The molecule has 6 aliphatic carbocycles. The van der Waals surface area contributed by atoms with Crippen molar-refractivity contribution in [2.75, 3.05) is 4.90 Å². The predicted molar refractivity (Wildman–Crippen MR) is 262 cm³/mol. The summed E-state index contributed by atoms with van der Waals surface area (Å²) < 4.78 is 6.54. The number of rotatable bonds is 6. The van der Waals surface area contributed by atoms with Crippen molar-refractivity contribution in [2.24, 2.45) is 35.0 Å². The summed E-state index contributed by atoms with van der Waals surface area (Å²) >= 11 is 0.